The predicted molar refractivity (Wildman–Crippen MR) is 66.6 cm³/mol. The van der Waals surface area contributed by atoms with E-state index in [1.54, 1.807) is 11.3 Å². The number of carbonyl (C=O) groups excluding carboxylic acids is 1. The van der Waals surface area contributed by atoms with Crippen molar-refractivity contribution in [1.82, 2.24) is 5.32 Å². The SMILES string of the molecule is CCOC(=O)C(CC)N[C@@H](C)c1cccs1. The molecule has 0 aromatic carbocycles. The van der Waals surface area contributed by atoms with Crippen LogP contribution in [-0.2, 0) is 9.53 Å². The zero-order valence-electron chi connectivity index (χ0n) is 10.0. The topological polar surface area (TPSA) is 38.3 Å². The molecule has 0 bridgehead atoms. The summed E-state index contributed by atoms with van der Waals surface area (Å²) in [5.41, 5.74) is 0. The molecule has 1 N–H and O–H groups in total. The van der Waals surface area contributed by atoms with Gasteiger partial charge in [0.25, 0.3) is 0 Å². The number of hydrogen-bond acceptors (Lipinski definition) is 4. The van der Waals surface area contributed by atoms with Crippen molar-refractivity contribution in [3.05, 3.63) is 22.4 Å². The van der Waals surface area contributed by atoms with Crippen molar-refractivity contribution in [1.29, 1.82) is 0 Å². The highest BCUT2D eigenvalue weighted by Gasteiger charge is 2.20. The summed E-state index contributed by atoms with van der Waals surface area (Å²) < 4.78 is 5.02. The Morgan fingerprint density at radius 2 is 2.31 bits per heavy atom. The number of rotatable bonds is 6. The van der Waals surface area contributed by atoms with Crippen molar-refractivity contribution in [3.8, 4) is 0 Å². The largest absolute Gasteiger partial charge is 0.465 e. The van der Waals surface area contributed by atoms with Crippen LogP contribution >= 0.6 is 11.3 Å². The average molecular weight is 241 g/mol. The highest BCUT2D eigenvalue weighted by Crippen LogP contribution is 2.19. The van der Waals surface area contributed by atoms with Gasteiger partial charge in [0.05, 0.1) is 6.61 Å². The molecule has 0 radical (unpaired) electrons. The lowest BCUT2D eigenvalue weighted by Crippen LogP contribution is -2.38. The van der Waals surface area contributed by atoms with Gasteiger partial charge < -0.3 is 4.74 Å². The third-order valence-corrected chi connectivity index (χ3v) is 3.46. The molecule has 0 spiro atoms. The van der Waals surface area contributed by atoms with Crippen LogP contribution in [0.25, 0.3) is 0 Å². The van der Waals surface area contributed by atoms with Crippen LogP contribution in [0.2, 0.25) is 0 Å². The van der Waals surface area contributed by atoms with Gasteiger partial charge in [0, 0.05) is 10.9 Å². The molecule has 4 heteroatoms. The van der Waals surface area contributed by atoms with Crippen LogP contribution in [0.4, 0.5) is 0 Å². The Bertz CT molecular complexity index is 311. The zero-order chi connectivity index (χ0) is 12.0. The second kappa shape index (κ2) is 6.66. The molecular weight excluding hydrogens is 222 g/mol. The normalized spacial score (nSPS) is 14.4. The molecule has 0 saturated heterocycles. The molecule has 3 nitrogen and oxygen atoms in total. The van der Waals surface area contributed by atoms with E-state index in [4.69, 9.17) is 4.74 Å². The molecule has 0 fully saturated rings. The molecule has 0 aliphatic carbocycles. The minimum atomic E-state index is -0.211. The molecule has 0 aliphatic rings. The van der Waals surface area contributed by atoms with E-state index in [0.29, 0.717) is 6.61 Å². The Morgan fingerprint density at radius 3 is 2.81 bits per heavy atom. The Kier molecular flexibility index (Phi) is 5.49. The molecule has 16 heavy (non-hydrogen) atoms. The van der Waals surface area contributed by atoms with Crippen LogP contribution < -0.4 is 5.32 Å². The molecule has 0 amide bonds. The molecular formula is C12H19NO2S. The summed E-state index contributed by atoms with van der Waals surface area (Å²) in [6.07, 6.45) is 0.745. The van der Waals surface area contributed by atoms with E-state index in [-0.39, 0.29) is 18.1 Å². The first kappa shape index (κ1) is 13.2. The van der Waals surface area contributed by atoms with Gasteiger partial charge in [-0.25, -0.2) is 0 Å². The van der Waals surface area contributed by atoms with Crippen LogP contribution in [0.5, 0.6) is 0 Å². The highest BCUT2D eigenvalue weighted by molar-refractivity contribution is 7.10. The first-order chi connectivity index (χ1) is 7.69. The van der Waals surface area contributed by atoms with Crippen LogP contribution in [0.3, 0.4) is 0 Å². The molecule has 1 aromatic heterocycles. The Balaban J connectivity index is 2.53. The van der Waals surface area contributed by atoms with Gasteiger partial charge in [0.15, 0.2) is 0 Å². The Labute approximate surface area is 101 Å². The van der Waals surface area contributed by atoms with Crippen LogP contribution in [0.15, 0.2) is 17.5 Å². The van der Waals surface area contributed by atoms with Crippen molar-refractivity contribution in [2.24, 2.45) is 0 Å². The monoisotopic (exact) mass is 241 g/mol. The molecule has 1 unspecified atom stereocenters. The summed E-state index contributed by atoms with van der Waals surface area (Å²) in [5.74, 6) is -0.159. The van der Waals surface area contributed by atoms with Crippen LogP contribution in [0.1, 0.15) is 38.1 Å². The smallest absolute Gasteiger partial charge is 0.323 e. The standard InChI is InChI=1S/C12H19NO2S/c1-4-10(12(14)15-5-2)13-9(3)11-7-6-8-16-11/h6-10,13H,4-5H2,1-3H3/t9-,10?/m0/s1. The Hall–Kier alpha value is -0.870. The van der Waals surface area contributed by atoms with E-state index < -0.39 is 0 Å². The molecule has 0 saturated carbocycles. The molecule has 1 rings (SSSR count). The summed E-state index contributed by atoms with van der Waals surface area (Å²) in [6, 6.07) is 4.07. The van der Waals surface area contributed by atoms with Crippen molar-refractivity contribution >= 4 is 17.3 Å². The summed E-state index contributed by atoms with van der Waals surface area (Å²) >= 11 is 1.69. The number of carbonyl (C=O) groups is 1. The zero-order valence-corrected chi connectivity index (χ0v) is 10.8. The lowest BCUT2D eigenvalue weighted by molar-refractivity contribution is -0.145. The first-order valence-corrected chi connectivity index (χ1v) is 6.53. The quantitative estimate of drug-likeness (QED) is 0.778. The lowest BCUT2D eigenvalue weighted by Gasteiger charge is -2.19. The van der Waals surface area contributed by atoms with Gasteiger partial charge in [-0.05, 0) is 31.7 Å². The summed E-state index contributed by atoms with van der Waals surface area (Å²) in [4.78, 5) is 12.8. The van der Waals surface area contributed by atoms with Gasteiger partial charge in [0.1, 0.15) is 6.04 Å². The van der Waals surface area contributed by atoms with Crippen LogP contribution in [-0.4, -0.2) is 18.6 Å². The predicted octanol–water partition coefficient (Wildman–Crippen LogP) is 2.74. The molecule has 1 heterocycles. The van der Waals surface area contributed by atoms with Crippen molar-refractivity contribution in [3.63, 3.8) is 0 Å². The van der Waals surface area contributed by atoms with Gasteiger partial charge in [-0.1, -0.05) is 13.0 Å². The van der Waals surface area contributed by atoms with E-state index in [1.165, 1.54) is 4.88 Å². The van der Waals surface area contributed by atoms with Gasteiger partial charge in [-0.3, -0.25) is 10.1 Å². The van der Waals surface area contributed by atoms with Crippen molar-refractivity contribution in [2.45, 2.75) is 39.3 Å². The summed E-state index contributed by atoms with van der Waals surface area (Å²) in [5, 5.41) is 5.33. The minimum absolute atomic E-state index is 0.159. The third kappa shape index (κ3) is 3.61. The highest BCUT2D eigenvalue weighted by atomic mass is 32.1. The maximum Gasteiger partial charge on any atom is 0.323 e. The lowest BCUT2D eigenvalue weighted by atomic mass is 10.2. The number of esters is 1. The summed E-state index contributed by atoms with van der Waals surface area (Å²) in [7, 11) is 0. The van der Waals surface area contributed by atoms with E-state index in [2.05, 4.69) is 18.3 Å². The van der Waals surface area contributed by atoms with Gasteiger partial charge in [-0.2, -0.15) is 0 Å². The molecule has 1 aromatic rings. The maximum absolute atomic E-state index is 11.6. The van der Waals surface area contributed by atoms with Gasteiger partial charge in [0.2, 0.25) is 0 Å². The van der Waals surface area contributed by atoms with E-state index in [0.717, 1.165) is 6.42 Å². The number of nitrogens with one attached hydrogen (secondary N) is 1. The van der Waals surface area contributed by atoms with E-state index in [1.807, 2.05) is 25.3 Å². The Morgan fingerprint density at radius 1 is 1.56 bits per heavy atom. The number of hydrogen-bond donors (Lipinski definition) is 1. The molecule has 90 valence electrons. The van der Waals surface area contributed by atoms with Crippen molar-refractivity contribution in [2.75, 3.05) is 6.61 Å². The number of thiophene rings is 1. The summed E-state index contributed by atoms with van der Waals surface area (Å²) in [6.45, 7) is 6.31. The van der Waals surface area contributed by atoms with Gasteiger partial charge >= 0.3 is 5.97 Å². The second-order valence-corrected chi connectivity index (χ2v) is 4.60. The average Bonchev–Trinajstić information content (AvgIpc) is 2.79. The van der Waals surface area contributed by atoms with Gasteiger partial charge in [-0.15, -0.1) is 11.3 Å². The molecule has 2 atom stereocenters. The number of ether oxygens (including phenoxy) is 1. The fourth-order valence-corrected chi connectivity index (χ4v) is 2.26. The fourth-order valence-electron chi connectivity index (χ4n) is 1.52. The minimum Gasteiger partial charge on any atom is -0.465 e. The second-order valence-electron chi connectivity index (χ2n) is 3.62. The maximum atomic E-state index is 11.6. The van der Waals surface area contributed by atoms with E-state index in [9.17, 15) is 4.79 Å². The molecule has 0 aliphatic heterocycles. The fraction of sp³-hybridized carbons (Fsp3) is 0.583. The van der Waals surface area contributed by atoms with E-state index >= 15 is 0 Å². The van der Waals surface area contributed by atoms with Crippen LogP contribution in [0, 0.1) is 0 Å². The first-order valence-electron chi connectivity index (χ1n) is 5.65. The third-order valence-electron chi connectivity index (χ3n) is 2.40. The van der Waals surface area contributed by atoms with Crippen molar-refractivity contribution < 1.29 is 9.53 Å².